The highest BCUT2D eigenvalue weighted by Crippen LogP contribution is 2.18. The van der Waals surface area contributed by atoms with E-state index in [4.69, 9.17) is 5.73 Å². The van der Waals surface area contributed by atoms with Crippen LogP contribution in [0, 0.1) is 11.8 Å². The molecule has 3 heteroatoms. The smallest absolute Gasteiger partial charge is 0.239 e. The van der Waals surface area contributed by atoms with Crippen LogP contribution in [0.5, 0.6) is 0 Å². The lowest BCUT2D eigenvalue weighted by Crippen LogP contribution is -2.49. The molecule has 1 rings (SSSR count). The lowest BCUT2D eigenvalue weighted by molar-refractivity contribution is -0.134. The minimum absolute atomic E-state index is 0.104. The Balaban J connectivity index is 2.46. The van der Waals surface area contributed by atoms with Crippen LogP contribution in [0.25, 0.3) is 0 Å². The summed E-state index contributed by atoms with van der Waals surface area (Å²) in [5.41, 5.74) is 5.85. The minimum Gasteiger partial charge on any atom is -0.341 e. The molecule has 0 unspecified atom stereocenters. The summed E-state index contributed by atoms with van der Waals surface area (Å²) in [6.45, 7) is 9.42. The topological polar surface area (TPSA) is 46.3 Å². The molecule has 0 spiro atoms. The van der Waals surface area contributed by atoms with E-state index in [1.54, 1.807) is 0 Å². The van der Waals surface area contributed by atoms with E-state index in [-0.39, 0.29) is 17.9 Å². The summed E-state index contributed by atoms with van der Waals surface area (Å²) in [4.78, 5) is 13.8. The first-order chi connectivity index (χ1) is 7.06. The minimum atomic E-state index is -0.342. The molecular formula is C12H22N2O. The first-order valence-electron chi connectivity index (χ1n) is 5.73. The maximum atomic E-state index is 11.9. The molecule has 1 amide bonds. The number of hydrogen-bond donors (Lipinski definition) is 1. The van der Waals surface area contributed by atoms with Crippen molar-refractivity contribution in [3.05, 3.63) is 12.7 Å². The summed E-state index contributed by atoms with van der Waals surface area (Å²) < 4.78 is 0. The van der Waals surface area contributed by atoms with E-state index in [9.17, 15) is 4.79 Å². The lowest BCUT2D eigenvalue weighted by atomic mass is 9.95. The van der Waals surface area contributed by atoms with Gasteiger partial charge in [-0.1, -0.05) is 19.9 Å². The molecule has 1 aliphatic heterocycles. The molecule has 0 aromatic rings. The van der Waals surface area contributed by atoms with Crippen molar-refractivity contribution in [2.45, 2.75) is 32.7 Å². The van der Waals surface area contributed by atoms with Crippen LogP contribution < -0.4 is 5.73 Å². The third-order valence-corrected chi connectivity index (χ3v) is 3.19. The second-order valence-corrected chi connectivity index (χ2v) is 4.67. The predicted molar refractivity (Wildman–Crippen MR) is 62.3 cm³/mol. The van der Waals surface area contributed by atoms with Crippen molar-refractivity contribution < 1.29 is 4.79 Å². The Morgan fingerprint density at radius 3 is 2.40 bits per heavy atom. The van der Waals surface area contributed by atoms with Gasteiger partial charge in [-0.25, -0.2) is 0 Å². The van der Waals surface area contributed by atoms with Gasteiger partial charge in [0.15, 0.2) is 0 Å². The van der Waals surface area contributed by atoms with E-state index in [1.165, 1.54) is 0 Å². The standard InChI is InChI=1S/C12H22N2O/c1-4-10-5-7-14(8-6-10)12(15)11(13)9(2)3/h4,9-11H,1,5-8,13H2,2-3H3/t11-/m0/s1. The Hall–Kier alpha value is -0.830. The molecule has 0 aliphatic carbocycles. The van der Waals surface area contributed by atoms with Crippen molar-refractivity contribution in [2.24, 2.45) is 17.6 Å². The van der Waals surface area contributed by atoms with Crippen LogP contribution in [0.3, 0.4) is 0 Å². The average Bonchev–Trinajstić information content (AvgIpc) is 2.27. The molecule has 1 heterocycles. The molecule has 0 radical (unpaired) electrons. The maximum Gasteiger partial charge on any atom is 0.239 e. The number of nitrogens with two attached hydrogens (primary N) is 1. The van der Waals surface area contributed by atoms with Crippen LogP contribution in [0.15, 0.2) is 12.7 Å². The van der Waals surface area contributed by atoms with E-state index in [0.29, 0.717) is 5.92 Å². The molecule has 1 saturated heterocycles. The highest BCUT2D eigenvalue weighted by molar-refractivity contribution is 5.82. The van der Waals surface area contributed by atoms with Gasteiger partial charge in [-0.05, 0) is 24.7 Å². The van der Waals surface area contributed by atoms with Gasteiger partial charge in [0.05, 0.1) is 6.04 Å². The zero-order valence-electron chi connectivity index (χ0n) is 9.78. The summed E-state index contributed by atoms with van der Waals surface area (Å²) in [5.74, 6) is 0.895. The van der Waals surface area contributed by atoms with Crippen molar-refractivity contribution in [1.82, 2.24) is 4.90 Å². The molecule has 1 fully saturated rings. The van der Waals surface area contributed by atoms with Crippen LogP contribution >= 0.6 is 0 Å². The molecule has 2 N–H and O–H groups in total. The highest BCUT2D eigenvalue weighted by Gasteiger charge is 2.26. The Bertz CT molecular complexity index is 230. The van der Waals surface area contributed by atoms with Crippen molar-refractivity contribution in [3.63, 3.8) is 0 Å². The fourth-order valence-electron chi connectivity index (χ4n) is 1.85. The summed E-state index contributed by atoms with van der Waals surface area (Å²) >= 11 is 0. The van der Waals surface area contributed by atoms with Crippen LogP contribution in [-0.4, -0.2) is 29.9 Å². The van der Waals surface area contributed by atoms with E-state index in [1.807, 2.05) is 24.8 Å². The van der Waals surface area contributed by atoms with Crippen LogP contribution in [0.1, 0.15) is 26.7 Å². The van der Waals surface area contributed by atoms with Gasteiger partial charge in [0, 0.05) is 13.1 Å². The normalized spacial score (nSPS) is 20.4. The fraction of sp³-hybridized carbons (Fsp3) is 0.750. The number of allylic oxidation sites excluding steroid dienone is 1. The molecule has 0 bridgehead atoms. The molecule has 3 nitrogen and oxygen atoms in total. The van der Waals surface area contributed by atoms with E-state index >= 15 is 0 Å². The Morgan fingerprint density at radius 2 is 2.00 bits per heavy atom. The summed E-state index contributed by atoms with van der Waals surface area (Å²) in [7, 11) is 0. The number of nitrogens with zero attached hydrogens (tertiary/aromatic N) is 1. The summed E-state index contributed by atoms with van der Waals surface area (Å²) in [5, 5.41) is 0. The zero-order valence-corrected chi connectivity index (χ0v) is 9.78. The van der Waals surface area contributed by atoms with Gasteiger partial charge in [-0.15, -0.1) is 6.58 Å². The largest absolute Gasteiger partial charge is 0.341 e. The Morgan fingerprint density at radius 1 is 1.47 bits per heavy atom. The first kappa shape index (κ1) is 12.2. The summed E-state index contributed by atoms with van der Waals surface area (Å²) in [6.07, 6.45) is 4.05. The highest BCUT2D eigenvalue weighted by atomic mass is 16.2. The SMILES string of the molecule is C=CC1CCN(C(=O)[C@@H](N)C(C)C)CC1. The fourth-order valence-corrected chi connectivity index (χ4v) is 1.85. The first-order valence-corrected chi connectivity index (χ1v) is 5.73. The van der Waals surface area contributed by atoms with Crippen molar-refractivity contribution in [2.75, 3.05) is 13.1 Å². The number of amides is 1. The van der Waals surface area contributed by atoms with Crippen molar-refractivity contribution in [1.29, 1.82) is 0 Å². The third kappa shape index (κ3) is 3.06. The van der Waals surface area contributed by atoms with E-state index in [2.05, 4.69) is 6.58 Å². The molecular weight excluding hydrogens is 188 g/mol. The molecule has 0 aromatic heterocycles. The number of hydrogen-bond acceptors (Lipinski definition) is 2. The van der Waals surface area contributed by atoms with Gasteiger partial charge in [0.1, 0.15) is 0 Å². The van der Waals surface area contributed by atoms with Crippen LogP contribution in [0.4, 0.5) is 0 Å². The number of carbonyl (C=O) groups is 1. The average molecular weight is 210 g/mol. The second kappa shape index (κ2) is 5.31. The predicted octanol–water partition coefficient (Wildman–Crippen LogP) is 1.39. The van der Waals surface area contributed by atoms with E-state index < -0.39 is 0 Å². The Kier molecular flexibility index (Phi) is 4.33. The molecule has 1 aliphatic rings. The molecule has 0 saturated carbocycles. The van der Waals surface area contributed by atoms with Crippen LogP contribution in [-0.2, 0) is 4.79 Å². The monoisotopic (exact) mass is 210 g/mol. The number of rotatable bonds is 3. The number of likely N-dealkylation sites (tertiary alicyclic amines) is 1. The number of carbonyl (C=O) groups excluding carboxylic acids is 1. The summed E-state index contributed by atoms with van der Waals surface area (Å²) in [6, 6.07) is -0.342. The zero-order chi connectivity index (χ0) is 11.4. The van der Waals surface area contributed by atoms with Gasteiger partial charge in [0.2, 0.25) is 5.91 Å². The van der Waals surface area contributed by atoms with E-state index in [0.717, 1.165) is 25.9 Å². The maximum absolute atomic E-state index is 11.9. The quantitative estimate of drug-likeness (QED) is 0.716. The van der Waals surface area contributed by atoms with Gasteiger partial charge < -0.3 is 10.6 Å². The molecule has 0 aromatic carbocycles. The van der Waals surface area contributed by atoms with Gasteiger partial charge in [-0.3, -0.25) is 4.79 Å². The van der Waals surface area contributed by atoms with Gasteiger partial charge in [0.25, 0.3) is 0 Å². The van der Waals surface area contributed by atoms with Crippen molar-refractivity contribution >= 4 is 5.91 Å². The third-order valence-electron chi connectivity index (χ3n) is 3.19. The van der Waals surface area contributed by atoms with Crippen LogP contribution in [0.2, 0.25) is 0 Å². The number of piperidine rings is 1. The second-order valence-electron chi connectivity index (χ2n) is 4.67. The van der Waals surface area contributed by atoms with Gasteiger partial charge in [-0.2, -0.15) is 0 Å². The molecule has 15 heavy (non-hydrogen) atoms. The van der Waals surface area contributed by atoms with Gasteiger partial charge >= 0.3 is 0 Å². The van der Waals surface area contributed by atoms with Crippen molar-refractivity contribution in [3.8, 4) is 0 Å². The molecule has 1 atom stereocenters. The molecule has 86 valence electrons. The Labute approximate surface area is 92.3 Å². The lowest BCUT2D eigenvalue weighted by Gasteiger charge is -2.33.